The second-order valence-corrected chi connectivity index (χ2v) is 9.26. The Morgan fingerprint density at radius 1 is 1.21 bits per heavy atom. The minimum Gasteiger partial charge on any atom is -0.486 e. The molecule has 6 nitrogen and oxygen atoms in total. The Labute approximate surface area is 203 Å². The van der Waals surface area contributed by atoms with Crippen molar-refractivity contribution in [2.45, 2.75) is 37.8 Å². The Morgan fingerprint density at radius 2 is 2.00 bits per heavy atom. The Kier molecular flexibility index (Phi) is 7.09. The summed E-state index contributed by atoms with van der Waals surface area (Å²) >= 11 is 0. The number of carbonyl (C=O) groups is 2. The number of rotatable bonds is 7. The van der Waals surface area contributed by atoms with Crippen LogP contribution in [-0.2, 0) is 16.2 Å². The van der Waals surface area contributed by atoms with Gasteiger partial charge in [0.15, 0.2) is 11.6 Å². The monoisotopic (exact) mass is 491 g/mol. The van der Waals surface area contributed by atoms with E-state index in [-0.39, 0.29) is 55.1 Å². The van der Waals surface area contributed by atoms with Gasteiger partial charge in [0, 0.05) is 43.2 Å². The highest BCUT2D eigenvalue weighted by atomic mass is 35.5. The molecular weight excluding hydrogens is 464 g/mol. The van der Waals surface area contributed by atoms with Gasteiger partial charge in [-0.3, -0.25) is 9.59 Å². The van der Waals surface area contributed by atoms with Crippen LogP contribution < -0.4 is 15.4 Å². The predicted molar refractivity (Wildman–Crippen MR) is 125 cm³/mol. The lowest BCUT2D eigenvalue weighted by Gasteiger charge is -2.21. The summed E-state index contributed by atoms with van der Waals surface area (Å²) < 4.78 is 34.3. The summed E-state index contributed by atoms with van der Waals surface area (Å²) in [6.07, 6.45) is 2.14. The maximum atomic E-state index is 14.5. The van der Waals surface area contributed by atoms with E-state index in [9.17, 15) is 18.4 Å². The molecule has 0 radical (unpaired) electrons. The van der Waals surface area contributed by atoms with Gasteiger partial charge in [0.2, 0.25) is 11.8 Å². The topological polar surface area (TPSA) is 70.7 Å². The van der Waals surface area contributed by atoms with Crippen molar-refractivity contribution in [2.24, 2.45) is 5.41 Å². The fourth-order valence-electron chi connectivity index (χ4n) is 5.02. The molecule has 2 aromatic carbocycles. The van der Waals surface area contributed by atoms with Gasteiger partial charge >= 0.3 is 0 Å². The zero-order valence-corrected chi connectivity index (χ0v) is 19.5. The standard InChI is InChI=1S/C25H27F2N3O3.ClH/c26-17-10-19(23(20(27)11-17)33-14-16-4-2-1-3-5-16)18-12-21(18)29-13-22(31)30-9-7-25(15-30)6-8-28-24(25)32;/h1-5,10-11,18,21,29H,6-9,12-15H2,(H,28,32);1H/t18-,21+,25?;/m0./s1. The fourth-order valence-corrected chi connectivity index (χ4v) is 5.02. The molecule has 2 N–H and O–H groups in total. The first-order valence-electron chi connectivity index (χ1n) is 11.4. The summed E-state index contributed by atoms with van der Waals surface area (Å²) in [7, 11) is 0. The lowest BCUT2D eigenvalue weighted by Crippen LogP contribution is -2.40. The molecule has 0 bridgehead atoms. The SMILES string of the molecule is Cl.O=C(CN[C@@H]1C[C@H]1c1cc(F)cc(F)c1OCc1ccccc1)N1CCC2(CCNC2=O)C1. The first-order valence-corrected chi connectivity index (χ1v) is 11.4. The number of nitrogens with one attached hydrogen (secondary N) is 2. The molecule has 34 heavy (non-hydrogen) atoms. The van der Waals surface area contributed by atoms with Crippen LogP contribution in [0.5, 0.6) is 5.75 Å². The number of likely N-dealkylation sites (tertiary alicyclic amines) is 1. The van der Waals surface area contributed by atoms with E-state index in [2.05, 4.69) is 10.6 Å². The second kappa shape index (κ2) is 9.88. The van der Waals surface area contributed by atoms with Gasteiger partial charge in [-0.2, -0.15) is 0 Å². The van der Waals surface area contributed by atoms with Gasteiger partial charge in [0.05, 0.1) is 12.0 Å². The highest BCUT2D eigenvalue weighted by Gasteiger charge is 2.48. The molecule has 9 heteroatoms. The molecule has 2 saturated heterocycles. The molecule has 1 saturated carbocycles. The second-order valence-electron chi connectivity index (χ2n) is 9.26. The molecule has 3 atom stereocenters. The molecular formula is C25H28ClF2N3O3. The van der Waals surface area contributed by atoms with Crippen molar-refractivity contribution >= 4 is 24.2 Å². The number of amides is 2. The smallest absolute Gasteiger partial charge is 0.236 e. The van der Waals surface area contributed by atoms with E-state index in [1.165, 1.54) is 6.07 Å². The minimum atomic E-state index is -0.722. The Morgan fingerprint density at radius 3 is 2.74 bits per heavy atom. The van der Waals surface area contributed by atoms with E-state index < -0.39 is 17.0 Å². The molecule has 182 valence electrons. The predicted octanol–water partition coefficient (Wildman–Crippen LogP) is 3.15. The van der Waals surface area contributed by atoms with Crippen LogP contribution in [0, 0.1) is 17.0 Å². The van der Waals surface area contributed by atoms with Crippen molar-refractivity contribution in [3.05, 3.63) is 65.2 Å². The summed E-state index contributed by atoms with van der Waals surface area (Å²) in [6.45, 7) is 2.03. The third-order valence-electron chi connectivity index (χ3n) is 7.05. The molecule has 5 rings (SSSR count). The summed E-state index contributed by atoms with van der Waals surface area (Å²) in [5.41, 5.74) is 0.945. The van der Waals surface area contributed by atoms with E-state index in [1.807, 2.05) is 30.3 Å². The normalized spacial score (nSPS) is 25.2. The summed E-state index contributed by atoms with van der Waals surface area (Å²) in [4.78, 5) is 26.6. The third-order valence-corrected chi connectivity index (χ3v) is 7.05. The first kappa shape index (κ1) is 24.4. The quantitative estimate of drug-likeness (QED) is 0.624. The number of halogens is 3. The van der Waals surface area contributed by atoms with Gasteiger partial charge in [0.25, 0.3) is 0 Å². The largest absolute Gasteiger partial charge is 0.486 e. The van der Waals surface area contributed by atoms with Gasteiger partial charge in [-0.1, -0.05) is 30.3 Å². The Bertz CT molecular complexity index is 1070. The van der Waals surface area contributed by atoms with Crippen molar-refractivity contribution in [3.63, 3.8) is 0 Å². The molecule has 2 aromatic rings. The van der Waals surface area contributed by atoms with E-state index in [0.717, 1.165) is 18.1 Å². The molecule has 2 heterocycles. The number of carbonyl (C=O) groups excluding carboxylic acids is 2. The highest BCUT2D eigenvalue weighted by molar-refractivity contribution is 5.87. The molecule has 3 aliphatic rings. The van der Waals surface area contributed by atoms with Crippen LogP contribution in [0.3, 0.4) is 0 Å². The molecule has 1 unspecified atom stereocenters. The van der Waals surface area contributed by atoms with Crippen LogP contribution in [0.2, 0.25) is 0 Å². The van der Waals surface area contributed by atoms with Crippen LogP contribution in [-0.4, -0.2) is 48.9 Å². The van der Waals surface area contributed by atoms with E-state index in [4.69, 9.17) is 4.74 Å². The number of nitrogens with zero attached hydrogens (tertiary/aromatic N) is 1. The van der Waals surface area contributed by atoms with E-state index >= 15 is 0 Å². The Balaban J connectivity index is 0.00000274. The molecule has 1 aliphatic carbocycles. The molecule has 3 fully saturated rings. The zero-order chi connectivity index (χ0) is 23.0. The zero-order valence-electron chi connectivity index (χ0n) is 18.7. The van der Waals surface area contributed by atoms with Crippen molar-refractivity contribution < 1.29 is 23.1 Å². The van der Waals surface area contributed by atoms with Crippen LogP contribution in [0.15, 0.2) is 42.5 Å². The van der Waals surface area contributed by atoms with Crippen LogP contribution in [0.1, 0.15) is 36.3 Å². The van der Waals surface area contributed by atoms with Gasteiger partial charge in [0.1, 0.15) is 12.4 Å². The summed E-state index contributed by atoms with van der Waals surface area (Å²) in [5, 5.41) is 6.09. The average molecular weight is 492 g/mol. The highest BCUT2D eigenvalue weighted by Crippen LogP contribution is 2.46. The van der Waals surface area contributed by atoms with Gasteiger partial charge < -0.3 is 20.3 Å². The number of benzene rings is 2. The fraction of sp³-hybridized carbons (Fsp3) is 0.440. The number of hydrogen-bond donors (Lipinski definition) is 2. The van der Waals surface area contributed by atoms with Crippen molar-refractivity contribution in [1.82, 2.24) is 15.5 Å². The van der Waals surface area contributed by atoms with E-state index in [1.54, 1.807) is 4.90 Å². The lowest BCUT2D eigenvalue weighted by atomic mass is 9.86. The molecule has 0 aromatic heterocycles. The van der Waals surface area contributed by atoms with Gasteiger partial charge in [-0.15, -0.1) is 12.4 Å². The average Bonchev–Trinajstić information content (AvgIpc) is 3.31. The maximum Gasteiger partial charge on any atom is 0.236 e. The lowest BCUT2D eigenvalue weighted by molar-refractivity contribution is -0.131. The minimum absolute atomic E-state index is 0. The Hall–Kier alpha value is -2.71. The van der Waals surface area contributed by atoms with Crippen LogP contribution in [0.4, 0.5) is 8.78 Å². The van der Waals surface area contributed by atoms with E-state index in [0.29, 0.717) is 38.0 Å². The summed E-state index contributed by atoms with van der Waals surface area (Å²) in [5.74, 6) is -1.44. The van der Waals surface area contributed by atoms with Crippen molar-refractivity contribution in [1.29, 1.82) is 0 Å². The van der Waals surface area contributed by atoms with Crippen LogP contribution in [0.25, 0.3) is 0 Å². The van der Waals surface area contributed by atoms with Gasteiger partial charge in [-0.25, -0.2) is 8.78 Å². The first-order chi connectivity index (χ1) is 15.9. The van der Waals surface area contributed by atoms with Crippen LogP contribution >= 0.6 is 12.4 Å². The maximum absolute atomic E-state index is 14.5. The molecule has 2 amide bonds. The van der Waals surface area contributed by atoms with Crippen molar-refractivity contribution in [2.75, 3.05) is 26.2 Å². The van der Waals surface area contributed by atoms with Gasteiger partial charge in [-0.05, 0) is 30.9 Å². The number of ether oxygens (including phenoxy) is 1. The molecule has 2 aliphatic heterocycles. The molecule has 1 spiro atoms. The third kappa shape index (κ3) is 4.88. The summed E-state index contributed by atoms with van der Waals surface area (Å²) in [6, 6.07) is 11.5. The number of hydrogen-bond acceptors (Lipinski definition) is 4. The van der Waals surface area contributed by atoms with Crippen molar-refractivity contribution in [3.8, 4) is 5.75 Å².